The first kappa shape index (κ1) is 11.0. The van der Waals surface area contributed by atoms with E-state index in [1.807, 2.05) is 6.92 Å². The number of rotatable bonds is 4. The first-order valence-corrected chi connectivity index (χ1v) is 5.12. The Kier molecular flexibility index (Phi) is 6.76. The molecule has 64 valence electrons. The molecule has 0 heterocycles. The van der Waals surface area contributed by atoms with Gasteiger partial charge < -0.3 is 0 Å². The van der Waals surface area contributed by atoms with Crippen molar-refractivity contribution in [2.45, 2.75) is 44.9 Å². The Morgan fingerprint density at radius 3 is 2.45 bits per heavy atom. The predicted octanol–water partition coefficient (Wildman–Crippen LogP) is 3.60. The highest BCUT2D eigenvalue weighted by Crippen LogP contribution is 2.16. The van der Waals surface area contributed by atoms with E-state index in [0.29, 0.717) is 4.83 Å². The molecule has 0 bridgehead atoms. The summed E-state index contributed by atoms with van der Waals surface area (Å²) >= 11 is 3.55. The SMILES string of the molecule is CC#CCCC(C)CC(C)Br. The summed E-state index contributed by atoms with van der Waals surface area (Å²) in [5, 5.41) is 0. The number of halogens is 1. The molecule has 0 aromatic carbocycles. The van der Waals surface area contributed by atoms with Gasteiger partial charge >= 0.3 is 0 Å². The van der Waals surface area contributed by atoms with Crippen LogP contribution in [0.3, 0.4) is 0 Å². The van der Waals surface area contributed by atoms with Crippen molar-refractivity contribution in [3.8, 4) is 11.8 Å². The molecule has 0 saturated heterocycles. The van der Waals surface area contributed by atoms with Gasteiger partial charge in [0.2, 0.25) is 0 Å². The molecule has 0 aliphatic rings. The zero-order chi connectivity index (χ0) is 8.69. The third-order valence-corrected chi connectivity index (χ3v) is 2.04. The fraction of sp³-hybridized carbons (Fsp3) is 0.800. The van der Waals surface area contributed by atoms with Crippen molar-refractivity contribution in [2.75, 3.05) is 0 Å². The zero-order valence-electron chi connectivity index (χ0n) is 7.65. The van der Waals surface area contributed by atoms with Gasteiger partial charge in [-0.3, -0.25) is 0 Å². The first-order valence-electron chi connectivity index (χ1n) is 4.20. The van der Waals surface area contributed by atoms with E-state index in [-0.39, 0.29) is 0 Å². The van der Waals surface area contributed by atoms with Crippen LogP contribution < -0.4 is 0 Å². The van der Waals surface area contributed by atoms with E-state index in [1.54, 1.807) is 0 Å². The first-order chi connectivity index (χ1) is 5.16. The van der Waals surface area contributed by atoms with Gasteiger partial charge in [0.15, 0.2) is 0 Å². The highest BCUT2D eigenvalue weighted by Gasteiger charge is 2.04. The molecule has 0 aromatic rings. The minimum absolute atomic E-state index is 0.645. The molecule has 0 rings (SSSR count). The summed E-state index contributed by atoms with van der Waals surface area (Å²) < 4.78 is 0. The molecular formula is C10H17Br. The van der Waals surface area contributed by atoms with E-state index in [1.165, 1.54) is 12.8 Å². The standard InChI is InChI=1S/C10H17Br/c1-4-5-6-7-9(2)8-10(3)11/h9-10H,6-8H2,1-3H3. The van der Waals surface area contributed by atoms with E-state index in [0.717, 1.165) is 12.3 Å². The van der Waals surface area contributed by atoms with Crippen LogP contribution in [-0.4, -0.2) is 4.83 Å². The molecule has 0 amide bonds. The lowest BCUT2D eigenvalue weighted by molar-refractivity contribution is 0.502. The van der Waals surface area contributed by atoms with E-state index in [2.05, 4.69) is 41.6 Å². The van der Waals surface area contributed by atoms with Crippen LogP contribution in [0.15, 0.2) is 0 Å². The summed E-state index contributed by atoms with van der Waals surface area (Å²) in [5.41, 5.74) is 0. The van der Waals surface area contributed by atoms with Crippen LogP contribution in [0, 0.1) is 17.8 Å². The molecule has 0 saturated carbocycles. The second-order valence-corrected chi connectivity index (χ2v) is 4.65. The molecule has 11 heavy (non-hydrogen) atoms. The molecule has 2 unspecified atom stereocenters. The van der Waals surface area contributed by atoms with Crippen molar-refractivity contribution in [1.82, 2.24) is 0 Å². The van der Waals surface area contributed by atoms with Crippen LogP contribution >= 0.6 is 15.9 Å². The van der Waals surface area contributed by atoms with Crippen molar-refractivity contribution in [3.63, 3.8) is 0 Å². The Balaban J connectivity index is 3.34. The maximum Gasteiger partial charge on any atom is 0.0120 e. The van der Waals surface area contributed by atoms with Crippen molar-refractivity contribution in [2.24, 2.45) is 5.92 Å². The number of hydrogen-bond donors (Lipinski definition) is 0. The third kappa shape index (κ3) is 7.94. The molecule has 2 atom stereocenters. The fourth-order valence-electron chi connectivity index (χ4n) is 1.12. The van der Waals surface area contributed by atoms with Gasteiger partial charge in [0.05, 0.1) is 0 Å². The van der Waals surface area contributed by atoms with Crippen molar-refractivity contribution in [1.29, 1.82) is 0 Å². The van der Waals surface area contributed by atoms with E-state index in [4.69, 9.17) is 0 Å². The molecule has 0 spiro atoms. The molecule has 0 fully saturated rings. The summed E-state index contributed by atoms with van der Waals surface area (Å²) in [6.07, 6.45) is 3.54. The van der Waals surface area contributed by atoms with Gasteiger partial charge in [-0.25, -0.2) is 0 Å². The maximum absolute atomic E-state index is 3.55. The van der Waals surface area contributed by atoms with Crippen molar-refractivity contribution in [3.05, 3.63) is 0 Å². The number of alkyl halides is 1. The normalized spacial score (nSPS) is 14.9. The number of hydrogen-bond acceptors (Lipinski definition) is 0. The summed E-state index contributed by atoms with van der Waals surface area (Å²) in [6, 6.07) is 0. The molecular weight excluding hydrogens is 200 g/mol. The summed E-state index contributed by atoms with van der Waals surface area (Å²) in [7, 11) is 0. The van der Waals surface area contributed by atoms with Crippen molar-refractivity contribution >= 4 is 15.9 Å². The molecule has 0 aliphatic carbocycles. The topological polar surface area (TPSA) is 0 Å². The highest BCUT2D eigenvalue weighted by molar-refractivity contribution is 9.09. The lowest BCUT2D eigenvalue weighted by atomic mass is 10.0. The molecule has 1 heteroatoms. The Morgan fingerprint density at radius 2 is 2.00 bits per heavy atom. The Labute approximate surface area is 78.9 Å². The van der Waals surface area contributed by atoms with Gasteiger partial charge in [0.1, 0.15) is 0 Å². The van der Waals surface area contributed by atoms with Crippen LogP contribution in [0.5, 0.6) is 0 Å². The van der Waals surface area contributed by atoms with E-state index in [9.17, 15) is 0 Å². The molecule has 0 nitrogen and oxygen atoms in total. The van der Waals surface area contributed by atoms with Crippen LogP contribution in [0.4, 0.5) is 0 Å². The van der Waals surface area contributed by atoms with E-state index < -0.39 is 0 Å². The second-order valence-electron chi connectivity index (χ2n) is 3.09. The van der Waals surface area contributed by atoms with Crippen LogP contribution in [0.25, 0.3) is 0 Å². The van der Waals surface area contributed by atoms with E-state index >= 15 is 0 Å². The summed E-state index contributed by atoms with van der Waals surface area (Å²) in [4.78, 5) is 0.645. The molecule has 0 aliphatic heterocycles. The highest BCUT2D eigenvalue weighted by atomic mass is 79.9. The average Bonchev–Trinajstić information content (AvgIpc) is 1.86. The minimum atomic E-state index is 0.645. The van der Waals surface area contributed by atoms with Crippen LogP contribution in [-0.2, 0) is 0 Å². The van der Waals surface area contributed by atoms with Gasteiger partial charge in [-0.05, 0) is 25.7 Å². The average molecular weight is 217 g/mol. The summed E-state index contributed by atoms with van der Waals surface area (Å²) in [6.45, 7) is 6.38. The Bertz CT molecular complexity index is 139. The van der Waals surface area contributed by atoms with Crippen molar-refractivity contribution < 1.29 is 0 Å². The van der Waals surface area contributed by atoms with Gasteiger partial charge in [-0.2, -0.15) is 0 Å². The molecule has 0 N–H and O–H groups in total. The predicted molar refractivity (Wildman–Crippen MR) is 54.9 cm³/mol. The molecule has 0 radical (unpaired) electrons. The quantitative estimate of drug-likeness (QED) is 0.498. The second kappa shape index (κ2) is 6.73. The molecule has 0 aromatic heterocycles. The fourth-order valence-corrected chi connectivity index (χ4v) is 1.75. The maximum atomic E-state index is 3.55. The monoisotopic (exact) mass is 216 g/mol. The lowest BCUT2D eigenvalue weighted by Gasteiger charge is -2.10. The van der Waals surface area contributed by atoms with Crippen LogP contribution in [0.1, 0.15) is 40.0 Å². The summed E-state index contributed by atoms with van der Waals surface area (Å²) in [5.74, 6) is 6.80. The van der Waals surface area contributed by atoms with Crippen LogP contribution in [0.2, 0.25) is 0 Å². The van der Waals surface area contributed by atoms with Gasteiger partial charge in [-0.1, -0.05) is 29.8 Å². The smallest absolute Gasteiger partial charge is 0.0120 e. The zero-order valence-corrected chi connectivity index (χ0v) is 9.24. The Hall–Kier alpha value is 0.0400. The van der Waals surface area contributed by atoms with Gasteiger partial charge in [0.25, 0.3) is 0 Å². The third-order valence-electron chi connectivity index (χ3n) is 1.67. The lowest BCUT2D eigenvalue weighted by Crippen LogP contribution is -2.00. The van der Waals surface area contributed by atoms with Gasteiger partial charge in [0, 0.05) is 11.2 Å². The Morgan fingerprint density at radius 1 is 1.36 bits per heavy atom. The largest absolute Gasteiger partial charge is 0.107 e. The minimum Gasteiger partial charge on any atom is -0.107 e. The van der Waals surface area contributed by atoms with Gasteiger partial charge in [-0.15, -0.1) is 11.8 Å².